The van der Waals surface area contributed by atoms with Gasteiger partial charge in [-0.3, -0.25) is 0 Å². The predicted molar refractivity (Wildman–Crippen MR) is 65.7 cm³/mol. The van der Waals surface area contributed by atoms with E-state index in [1.54, 1.807) is 0 Å². The number of unbranched alkanes of at least 4 members (excludes halogenated alkanes) is 1. The molecular formula is C8H8I2N2. The Hall–Kier alpha value is 0.230. The van der Waals surface area contributed by atoms with Gasteiger partial charge in [-0.1, -0.05) is 0 Å². The molecule has 0 unspecified atom stereocenters. The molecule has 12 heavy (non-hydrogen) atoms. The second kappa shape index (κ2) is 5.07. The first-order valence-corrected chi connectivity index (χ1v) is 5.71. The molecule has 0 amide bonds. The van der Waals surface area contributed by atoms with Crippen LogP contribution in [-0.2, 0) is 6.54 Å². The molecule has 0 N–H and O–H groups in total. The quantitative estimate of drug-likeness (QED) is 0.444. The van der Waals surface area contributed by atoms with Gasteiger partial charge < -0.3 is 4.57 Å². The molecule has 1 aromatic heterocycles. The van der Waals surface area contributed by atoms with E-state index in [-0.39, 0.29) is 0 Å². The van der Waals surface area contributed by atoms with Gasteiger partial charge in [-0.05, 0) is 51.6 Å². The maximum absolute atomic E-state index is 5.16. The van der Waals surface area contributed by atoms with Crippen molar-refractivity contribution in [3.05, 3.63) is 13.7 Å². The molecule has 1 rings (SSSR count). The summed E-state index contributed by atoms with van der Waals surface area (Å²) in [7, 11) is 0. The minimum atomic E-state index is 0.838. The fourth-order valence-corrected chi connectivity index (χ4v) is 1.79. The number of hydrogen-bond donors (Lipinski definition) is 0. The number of rotatable bonds is 3. The molecule has 1 aromatic rings. The zero-order chi connectivity index (χ0) is 8.97. The lowest BCUT2D eigenvalue weighted by molar-refractivity contribution is 0.643. The van der Waals surface area contributed by atoms with E-state index in [1.807, 2.05) is 6.33 Å². The van der Waals surface area contributed by atoms with E-state index >= 15 is 0 Å². The summed E-state index contributed by atoms with van der Waals surface area (Å²) in [5, 5.41) is 0. The van der Waals surface area contributed by atoms with Crippen molar-refractivity contribution in [2.24, 2.45) is 0 Å². The highest BCUT2D eigenvalue weighted by Crippen LogP contribution is 2.13. The van der Waals surface area contributed by atoms with E-state index < -0.39 is 0 Å². The Morgan fingerprint density at radius 2 is 2.33 bits per heavy atom. The first kappa shape index (κ1) is 10.3. The number of nitrogens with zero attached hydrogens (tertiary/aromatic N) is 2. The van der Waals surface area contributed by atoms with Crippen molar-refractivity contribution in [3.8, 4) is 12.3 Å². The van der Waals surface area contributed by atoms with E-state index in [0.717, 1.165) is 23.1 Å². The molecule has 0 atom stereocenters. The number of imidazole rings is 1. The largest absolute Gasteiger partial charge is 0.325 e. The predicted octanol–water partition coefficient (Wildman–Crippen LogP) is 2.51. The second-order valence-corrected chi connectivity index (χ2v) is 4.37. The average Bonchev–Trinajstić information content (AvgIpc) is 2.36. The van der Waals surface area contributed by atoms with Crippen LogP contribution in [0.15, 0.2) is 6.33 Å². The lowest BCUT2D eigenvalue weighted by atomic mass is 10.3. The number of terminal acetylenes is 1. The van der Waals surface area contributed by atoms with Crippen LogP contribution < -0.4 is 0 Å². The fraction of sp³-hybridized carbons (Fsp3) is 0.375. The van der Waals surface area contributed by atoms with Crippen LogP contribution in [0.4, 0.5) is 0 Å². The van der Waals surface area contributed by atoms with Gasteiger partial charge in [-0.15, -0.1) is 12.3 Å². The third kappa shape index (κ3) is 2.62. The van der Waals surface area contributed by atoms with Gasteiger partial charge >= 0.3 is 0 Å². The van der Waals surface area contributed by atoms with Crippen molar-refractivity contribution in [1.82, 2.24) is 9.55 Å². The highest BCUT2D eigenvalue weighted by atomic mass is 127. The maximum Gasteiger partial charge on any atom is 0.132 e. The number of hydrogen-bond acceptors (Lipinski definition) is 1. The molecule has 0 aliphatic heterocycles. The van der Waals surface area contributed by atoms with Crippen LogP contribution in [0.5, 0.6) is 0 Å². The van der Waals surface area contributed by atoms with Gasteiger partial charge in [0, 0.05) is 13.0 Å². The first-order chi connectivity index (χ1) is 5.75. The molecule has 1 heterocycles. The molecule has 0 saturated heterocycles. The van der Waals surface area contributed by atoms with Crippen LogP contribution in [0.25, 0.3) is 0 Å². The van der Waals surface area contributed by atoms with Gasteiger partial charge in [-0.2, -0.15) is 0 Å². The second-order valence-electron chi connectivity index (χ2n) is 2.33. The third-order valence-electron chi connectivity index (χ3n) is 1.45. The van der Waals surface area contributed by atoms with Gasteiger partial charge in [0.25, 0.3) is 0 Å². The van der Waals surface area contributed by atoms with Crippen molar-refractivity contribution >= 4 is 45.2 Å². The Morgan fingerprint density at radius 3 is 2.83 bits per heavy atom. The highest BCUT2D eigenvalue weighted by Gasteiger charge is 2.02. The summed E-state index contributed by atoms with van der Waals surface area (Å²) in [5.74, 6) is 2.63. The molecule has 0 aromatic carbocycles. The van der Waals surface area contributed by atoms with E-state index in [9.17, 15) is 0 Å². The van der Waals surface area contributed by atoms with Crippen molar-refractivity contribution in [1.29, 1.82) is 0 Å². The van der Waals surface area contributed by atoms with Crippen LogP contribution in [0.3, 0.4) is 0 Å². The van der Waals surface area contributed by atoms with E-state index in [1.165, 1.54) is 3.70 Å². The van der Waals surface area contributed by atoms with Crippen LogP contribution in [0, 0.1) is 19.7 Å². The monoisotopic (exact) mass is 386 g/mol. The Balaban J connectivity index is 2.53. The van der Waals surface area contributed by atoms with Crippen molar-refractivity contribution in [2.45, 2.75) is 19.4 Å². The number of aromatic nitrogens is 2. The highest BCUT2D eigenvalue weighted by molar-refractivity contribution is 14.1. The minimum absolute atomic E-state index is 0.838. The summed E-state index contributed by atoms with van der Waals surface area (Å²) in [6.45, 7) is 0.971. The molecule has 0 saturated carbocycles. The third-order valence-corrected chi connectivity index (χ3v) is 4.41. The Kier molecular flexibility index (Phi) is 4.35. The minimum Gasteiger partial charge on any atom is -0.325 e. The SMILES string of the molecule is C#CCCCn1cnc(I)c1I. The van der Waals surface area contributed by atoms with Crippen molar-refractivity contribution in [2.75, 3.05) is 0 Å². The molecule has 0 aliphatic rings. The van der Waals surface area contributed by atoms with Gasteiger partial charge in [0.05, 0.1) is 6.33 Å². The molecular weight excluding hydrogens is 378 g/mol. The van der Waals surface area contributed by atoms with Crippen LogP contribution in [0.2, 0.25) is 0 Å². The summed E-state index contributed by atoms with van der Waals surface area (Å²) in [5.41, 5.74) is 0. The molecule has 0 fully saturated rings. The van der Waals surface area contributed by atoms with Gasteiger partial charge in [0.15, 0.2) is 0 Å². The van der Waals surface area contributed by atoms with E-state index in [0.29, 0.717) is 0 Å². The summed E-state index contributed by atoms with van der Waals surface area (Å²) in [6.07, 6.45) is 8.88. The Bertz CT molecular complexity index is 298. The summed E-state index contributed by atoms with van der Waals surface area (Å²) in [6, 6.07) is 0. The zero-order valence-corrected chi connectivity index (χ0v) is 10.7. The summed E-state index contributed by atoms with van der Waals surface area (Å²) < 4.78 is 4.39. The lowest BCUT2D eigenvalue weighted by Gasteiger charge is -2.00. The fourth-order valence-electron chi connectivity index (χ4n) is 0.850. The maximum atomic E-state index is 5.16. The first-order valence-electron chi connectivity index (χ1n) is 3.55. The van der Waals surface area contributed by atoms with Gasteiger partial charge in [0.2, 0.25) is 0 Å². The Morgan fingerprint density at radius 1 is 1.58 bits per heavy atom. The van der Waals surface area contributed by atoms with E-state index in [4.69, 9.17) is 6.42 Å². The van der Waals surface area contributed by atoms with Crippen molar-refractivity contribution < 1.29 is 0 Å². The smallest absolute Gasteiger partial charge is 0.132 e. The Labute approximate surface area is 99.4 Å². The van der Waals surface area contributed by atoms with Crippen LogP contribution >= 0.6 is 45.2 Å². The zero-order valence-electron chi connectivity index (χ0n) is 6.43. The molecule has 4 heteroatoms. The molecule has 0 aliphatic carbocycles. The lowest BCUT2D eigenvalue weighted by Crippen LogP contribution is -1.98. The molecule has 2 nitrogen and oxygen atoms in total. The molecule has 0 bridgehead atoms. The van der Waals surface area contributed by atoms with Gasteiger partial charge in [-0.25, -0.2) is 4.98 Å². The standard InChI is InChI=1S/C8H8I2N2/c1-2-3-4-5-12-6-11-7(9)8(12)10/h1,6H,3-5H2. The number of halogens is 2. The molecule has 0 radical (unpaired) electrons. The normalized spacial score (nSPS) is 9.75. The average molecular weight is 386 g/mol. The summed E-state index contributed by atoms with van der Waals surface area (Å²) >= 11 is 4.52. The van der Waals surface area contributed by atoms with Crippen LogP contribution in [0.1, 0.15) is 12.8 Å². The summed E-state index contributed by atoms with van der Waals surface area (Å²) in [4.78, 5) is 4.19. The molecule has 0 spiro atoms. The van der Waals surface area contributed by atoms with Gasteiger partial charge in [0.1, 0.15) is 7.40 Å². The number of aryl methyl sites for hydroxylation is 1. The topological polar surface area (TPSA) is 17.8 Å². The van der Waals surface area contributed by atoms with E-state index in [2.05, 4.69) is 60.7 Å². The van der Waals surface area contributed by atoms with Crippen molar-refractivity contribution in [3.63, 3.8) is 0 Å². The van der Waals surface area contributed by atoms with Crippen LogP contribution in [-0.4, -0.2) is 9.55 Å². The molecule has 64 valence electrons.